The molecule has 2 nitrogen and oxygen atoms in total. The van der Waals surface area contributed by atoms with Gasteiger partial charge in [0.1, 0.15) is 5.82 Å². The van der Waals surface area contributed by atoms with E-state index < -0.39 is 0 Å². The quantitative estimate of drug-likeness (QED) is 0.751. The van der Waals surface area contributed by atoms with Gasteiger partial charge in [-0.1, -0.05) is 6.92 Å². The molecule has 0 spiro atoms. The van der Waals surface area contributed by atoms with Crippen molar-refractivity contribution in [3.8, 4) is 0 Å². The van der Waals surface area contributed by atoms with Crippen molar-refractivity contribution in [3.63, 3.8) is 0 Å². The number of nitrogens with two attached hydrogens (primary N) is 1. The first kappa shape index (κ1) is 10.4. The SMILES string of the molecule is CCSCCc1c(C)ccnc1N. The van der Waals surface area contributed by atoms with Gasteiger partial charge in [-0.25, -0.2) is 4.98 Å². The first-order valence-electron chi connectivity index (χ1n) is 4.53. The molecule has 13 heavy (non-hydrogen) atoms. The van der Waals surface area contributed by atoms with Gasteiger partial charge in [0, 0.05) is 6.20 Å². The Hall–Kier alpha value is -0.700. The van der Waals surface area contributed by atoms with Crippen LogP contribution in [0.25, 0.3) is 0 Å². The fourth-order valence-corrected chi connectivity index (χ4v) is 1.89. The zero-order valence-electron chi connectivity index (χ0n) is 8.21. The standard InChI is InChI=1S/C10H16N2S/c1-3-13-7-5-9-8(2)4-6-12-10(9)11/h4,6H,3,5,7H2,1-2H3,(H2,11,12). The minimum Gasteiger partial charge on any atom is -0.383 e. The number of hydrogen-bond donors (Lipinski definition) is 1. The van der Waals surface area contributed by atoms with E-state index in [1.54, 1.807) is 6.20 Å². The number of rotatable bonds is 4. The van der Waals surface area contributed by atoms with Crippen molar-refractivity contribution in [1.29, 1.82) is 0 Å². The van der Waals surface area contributed by atoms with Gasteiger partial charge in [-0.3, -0.25) is 0 Å². The summed E-state index contributed by atoms with van der Waals surface area (Å²) in [6, 6.07) is 2.02. The van der Waals surface area contributed by atoms with E-state index in [1.165, 1.54) is 16.9 Å². The fraction of sp³-hybridized carbons (Fsp3) is 0.500. The van der Waals surface area contributed by atoms with Gasteiger partial charge in [0.15, 0.2) is 0 Å². The largest absolute Gasteiger partial charge is 0.383 e. The van der Waals surface area contributed by atoms with Gasteiger partial charge in [0.05, 0.1) is 0 Å². The Morgan fingerprint density at radius 1 is 1.54 bits per heavy atom. The summed E-state index contributed by atoms with van der Waals surface area (Å²) in [5.41, 5.74) is 8.25. The minimum atomic E-state index is 0.691. The molecule has 0 atom stereocenters. The van der Waals surface area contributed by atoms with Crippen LogP contribution in [0, 0.1) is 6.92 Å². The van der Waals surface area contributed by atoms with Crippen molar-refractivity contribution in [2.45, 2.75) is 20.3 Å². The summed E-state index contributed by atoms with van der Waals surface area (Å²) in [4.78, 5) is 4.09. The second-order valence-corrected chi connectivity index (χ2v) is 4.33. The summed E-state index contributed by atoms with van der Waals surface area (Å²) in [6.45, 7) is 4.26. The smallest absolute Gasteiger partial charge is 0.126 e. The molecule has 1 aromatic rings. The molecule has 0 aliphatic carbocycles. The Bertz CT molecular complexity index is 253. The van der Waals surface area contributed by atoms with Crippen LogP contribution >= 0.6 is 11.8 Å². The predicted molar refractivity (Wildman–Crippen MR) is 60.1 cm³/mol. The van der Waals surface area contributed by atoms with Gasteiger partial charge < -0.3 is 5.73 Å². The van der Waals surface area contributed by atoms with Crippen molar-refractivity contribution < 1.29 is 0 Å². The molecule has 2 N–H and O–H groups in total. The van der Waals surface area contributed by atoms with Crippen LogP contribution in [0.5, 0.6) is 0 Å². The number of nitrogens with zero attached hydrogens (tertiary/aromatic N) is 1. The van der Waals surface area contributed by atoms with E-state index in [-0.39, 0.29) is 0 Å². The maximum Gasteiger partial charge on any atom is 0.126 e. The highest BCUT2D eigenvalue weighted by atomic mass is 32.2. The second-order valence-electron chi connectivity index (χ2n) is 2.94. The summed E-state index contributed by atoms with van der Waals surface area (Å²) in [5.74, 6) is 2.99. The van der Waals surface area contributed by atoms with E-state index >= 15 is 0 Å². The molecule has 0 aliphatic rings. The molecular formula is C10H16N2S. The van der Waals surface area contributed by atoms with Gasteiger partial charge >= 0.3 is 0 Å². The normalized spacial score (nSPS) is 10.3. The van der Waals surface area contributed by atoms with Crippen LogP contribution in [0.15, 0.2) is 12.3 Å². The van der Waals surface area contributed by atoms with E-state index in [0.29, 0.717) is 5.82 Å². The first-order chi connectivity index (χ1) is 6.25. The molecule has 0 radical (unpaired) electrons. The Morgan fingerprint density at radius 2 is 2.31 bits per heavy atom. The monoisotopic (exact) mass is 196 g/mol. The van der Waals surface area contributed by atoms with E-state index in [9.17, 15) is 0 Å². The van der Waals surface area contributed by atoms with Crippen LogP contribution in [-0.4, -0.2) is 16.5 Å². The molecule has 0 bridgehead atoms. The molecular weight excluding hydrogens is 180 g/mol. The Labute approximate surface area is 83.9 Å². The number of nitrogen functional groups attached to an aromatic ring is 1. The van der Waals surface area contributed by atoms with Crippen molar-refractivity contribution in [2.24, 2.45) is 0 Å². The molecule has 0 amide bonds. The summed E-state index contributed by atoms with van der Waals surface area (Å²) in [7, 11) is 0. The predicted octanol–water partition coefficient (Wildman–Crippen LogP) is 2.27. The van der Waals surface area contributed by atoms with Crippen molar-refractivity contribution in [1.82, 2.24) is 4.98 Å². The zero-order valence-corrected chi connectivity index (χ0v) is 9.03. The molecule has 1 heterocycles. The molecule has 1 aromatic heterocycles. The van der Waals surface area contributed by atoms with Crippen molar-refractivity contribution in [2.75, 3.05) is 17.2 Å². The van der Waals surface area contributed by atoms with Gasteiger partial charge in [-0.2, -0.15) is 11.8 Å². The van der Waals surface area contributed by atoms with E-state index in [2.05, 4.69) is 18.8 Å². The summed E-state index contributed by atoms with van der Waals surface area (Å²) in [5, 5.41) is 0. The zero-order chi connectivity index (χ0) is 9.68. The molecule has 72 valence electrons. The molecule has 3 heteroatoms. The highest BCUT2D eigenvalue weighted by molar-refractivity contribution is 7.99. The number of aryl methyl sites for hydroxylation is 1. The Morgan fingerprint density at radius 3 is 2.92 bits per heavy atom. The number of aromatic nitrogens is 1. The highest BCUT2D eigenvalue weighted by Crippen LogP contribution is 2.16. The maximum absolute atomic E-state index is 5.78. The molecule has 0 aliphatic heterocycles. The Balaban J connectivity index is 2.64. The lowest BCUT2D eigenvalue weighted by molar-refractivity contribution is 1.09. The first-order valence-corrected chi connectivity index (χ1v) is 5.69. The number of thioether (sulfide) groups is 1. The molecule has 1 rings (SSSR count). The molecule has 0 saturated heterocycles. The topological polar surface area (TPSA) is 38.9 Å². The third-order valence-corrected chi connectivity index (χ3v) is 2.92. The van der Waals surface area contributed by atoms with Crippen LogP contribution < -0.4 is 5.73 Å². The number of hydrogen-bond acceptors (Lipinski definition) is 3. The Kier molecular flexibility index (Phi) is 4.09. The average Bonchev–Trinajstić information content (AvgIpc) is 2.10. The summed E-state index contributed by atoms with van der Waals surface area (Å²) < 4.78 is 0. The van der Waals surface area contributed by atoms with Crippen molar-refractivity contribution >= 4 is 17.6 Å². The third-order valence-electron chi connectivity index (χ3n) is 2.02. The number of pyridine rings is 1. The maximum atomic E-state index is 5.78. The van der Waals surface area contributed by atoms with Crippen molar-refractivity contribution in [3.05, 3.63) is 23.4 Å². The average molecular weight is 196 g/mol. The molecule has 0 aromatic carbocycles. The van der Waals surface area contributed by atoms with E-state index in [4.69, 9.17) is 5.73 Å². The summed E-state index contributed by atoms with van der Waals surface area (Å²) >= 11 is 1.94. The third kappa shape index (κ3) is 2.92. The second kappa shape index (κ2) is 5.12. The van der Waals surface area contributed by atoms with Crippen LogP contribution in [0.2, 0.25) is 0 Å². The lowest BCUT2D eigenvalue weighted by Crippen LogP contribution is -2.01. The van der Waals surface area contributed by atoms with Gasteiger partial charge in [-0.15, -0.1) is 0 Å². The lowest BCUT2D eigenvalue weighted by Gasteiger charge is -2.07. The van der Waals surface area contributed by atoms with Crippen LogP contribution in [0.4, 0.5) is 5.82 Å². The van der Waals surface area contributed by atoms with Crippen LogP contribution in [0.3, 0.4) is 0 Å². The fourth-order valence-electron chi connectivity index (χ4n) is 1.25. The summed E-state index contributed by atoms with van der Waals surface area (Å²) in [6.07, 6.45) is 2.80. The molecule has 0 unspecified atom stereocenters. The minimum absolute atomic E-state index is 0.691. The number of anilines is 1. The van der Waals surface area contributed by atoms with Gasteiger partial charge in [0.2, 0.25) is 0 Å². The highest BCUT2D eigenvalue weighted by Gasteiger charge is 2.02. The van der Waals surface area contributed by atoms with Crippen LogP contribution in [0.1, 0.15) is 18.1 Å². The van der Waals surface area contributed by atoms with E-state index in [0.717, 1.165) is 12.2 Å². The van der Waals surface area contributed by atoms with E-state index in [1.807, 2.05) is 17.8 Å². The van der Waals surface area contributed by atoms with Gasteiger partial charge in [0.25, 0.3) is 0 Å². The molecule has 0 fully saturated rings. The molecule has 0 saturated carbocycles. The van der Waals surface area contributed by atoms with Crippen LogP contribution in [-0.2, 0) is 6.42 Å². The van der Waals surface area contributed by atoms with Gasteiger partial charge in [-0.05, 0) is 42.0 Å². The lowest BCUT2D eigenvalue weighted by atomic mass is 10.1.